The van der Waals surface area contributed by atoms with Crippen molar-refractivity contribution in [2.24, 2.45) is 4.99 Å². The summed E-state index contributed by atoms with van der Waals surface area (Å²) in [5, 5.41) is 0. The van der Waals surface area contributed by atoms with Gasteiger partial charge in [-0.1, -0.05) is 0 Å². The van der Waals surface area contributed by atoms with E-state index in [2.05, 4.69) is 24.8 Å². The molecule has 4 rings (SSSR count). The molecule has 0 bridgehead atoms. The Morgan fingerprint density at radius 3 is 3.00 bits per heavy atom. The van der Waals surface area contributed by atoms with E-state index in [1.807, 2.05) is 6.20 Å². The van der Waals surface area contributed by atoms with Crippen LogP contribution in [0, 0.1) is 0 Å². The van der Waals surface area contributed by atoms with Gasteiger partial charge in [-0.25, -0.2) is 9.97 Å². The van der Waals surface area contributed by atoms with Crippen LogP contribution in [-0.4, -0.2) is 43.6 Å². The highest BCUT2D eigenvalue weighted by Gasteiger charge is 2.22. The molecule has 0 radical (unpaired) electrons. The number of rotatable bonds is 3. The van der Waals surface area contributed by atoms with E-state index in [4.69, 9.17) is 4.98 Å². The van der Waals surface area contributed by atoms with Crippen LogP contribution < -0.4 is 5.56 Å². The highest BCUT2D eigenvalue weighted by molar-refractivity contribution is 5.97. The van der Waals surface area contributed by atoms with Crippen molar-refractivity contribution in [3.8, 4) is 0 Å². The standard InChI is InChI=1S/C16H20N6O/c23-16-12-9-22(8-11-7-17-10-19-11)6-4-13(12)20-15(21-16)14-3-1-2-5-18-14/h7,10H,1-6,8-9H2,(H,17,19)(H,20,21,23). The molecule has 0 aliphatic carbocycles. The van der Waals surface area contributed by atoms with Gasteiger partial charge in [0.15, 0.2) is 5.82 Å². The lowest BCUT2D eigenvalue weighted by Gasteiger charge is -2.27. The molecule has 0 atom stereocenters. The first-order valence-corrected chi connectivity index (χ1v) is 8.15. The minimum absolute atomic E-state index is 0.0208. The largest absolute Gasteiger partial charge is 0.347 e. The molecule has 0 saturated heterocycles. The maximum Gasteiger partial charge on any atom is 0.255 e. The zero-order chi connectivity index (χ0) is 15.6. The topological polar surface area (TPSA) is 90.0 Å². The monoisotopic (exact) mass is 312 g/mol. The minimum Gasteiger partial charge on any atom is -0.347 e. The maximum atomic E-state index is 12.5. The Hall–Kier alpha value is -2.28. The first-order valence-electron chi connectivity index (χ1n) is 8.15. The zero-order valence-corrected chi connectivity index (χ0v) is 13.0. The molecule has 7 nitrogen and oxygen atoms in total. The summed E-state index contributed by atoms with van der Waals surface area (Å²) in [5.41, 5.74) is 3.71. The molecule has 2 aliphatic rings. The van der Waals surface area contributed by atoms with Gasteiger partial charge in [0.05, 0.1) is 23.3 Å². The van der Waals surface area contributed by atoms with Crippen molar-refractivity contribution in [2.75, 3.05) is 13.1 Å². The fourth-order valence-electron chi connectivity index (χ4n) is 3.26. The molecule has 7 heteroatoms. The van der Waals surface area contributed by atoms with E-state index in [1.54, 1.807) is 6.33 Å². The highest BCUT2D eigenvalue weighted by Crippen LogP contribution is 2.17. The van der Waals surface area contributed by atoms with E-state index in [-0.39, 0.29) is 5.56 Å². The normalized spacial score (nSPS) is 18.5. The fourth-order valence-corrected chi connectivity index (χ4v) is 3.26. The van der Waals surface area contributed by atoms with Crippen molar-refractivity contribution in [3.05, 3.63) is 45.7 Å². The maximum absolute atomic E-state index is 12.5. The Bertz CT molecular complexity index is 776. The van der Waals surface area contributed by atoms with Gasteiger partial charge in [-0.3, -0.25) is 14.7 Å². The second-order valence-corrected chi connectivity index (χ2v) is 6.16. The second kappa shape index (κ2) is 6.08. The van der Waals surface area contributed by atoms with Crippen LogP contribution in [0.5, 0.6) is 0 Å². The summed E-state index contributed by atoms with van der Waals surface area (Å²) in [7, 11) is 0. The summed E-state index contributed by atoms with van der Waals surface area (Å²) < 4.78 is 0. The summed E-state index contributed by atoms with van der Waals surface area (Å²) in [4.78, 5) is 34.0. The number of hydrogen-bond acceptors (Lipinski definition) is 5. The summed E-state index contributed by atoms with van der Waals surface area (Å²) in [5.74, 6) is 0.676. The Labute approximate surface area is 133 Å². The molecule has 0 fully saturated rings. The summed E-state index contributed by atoms with van der Waals surface area (Å²) >= 11 is 0. The molecule has 0 unspecified atom stereocenters. The molecule has 0 spiro atoms. The number of nitrogens with one attached hydrogen (secondary N) is 2. The molecule has 2 aromatic rings. The molecule has 2 N–H and O–H groups in total. The number of hydrogen-bond donors (Lipinski definition) is 2. The van der Waals surface area contributed by atoms with Gasteiger partial charge in [0.1, 0.15) is 0 Å². The van der Waals surface area contributed by atoms with Crippen molar-refractivity contribution in [2.45, 2.75) is 38.8 Å². The van der Waals surface area contributed by atoms with Crippen LogP contribution in [0.4, 0.5) is 0 Å². The van der Waals surface area contributed by atoms with E-state index in [1.165, 1.54) is 0 Å². The van der Waals surface area contributed by atoms with Crippen molar-refractivity contribution < 1.29 is 0 Å². The van der Waals surface area contributed by atoms with Gasteiger partial charge < -0.3 is 9.97 Å². The first-order chi connectivity index (χ1) is 11.3. The van der Waals surface area contributed by atoms with Gasteiger partial charge in [-0.15, -0.1) is 0 Å². The third kappa shape index (κ3) is 2.96. The van der Waals surface area contributed by atoms with Crippen LogP contribution in [0.15, 0.2) is 22.3 Å². The van der Waals surface area contributed by atoms with E-state index >= 15 is 0 Å². The molecule has 0 aromatic carbocycles. The first kappa shape index (κ1) is 14.3. The molecule has 2 aliphatic heterocycles. The lowest BCUT2D eigenvalue weighted by atomic mass is 10.1. The quantitative estimate of drug-likeness (QED) is 0.885. The van der Waals surface area contributed by atoms with Gasteiger partial charge in [-0.05, 0) is 19.3 Å². The number of aromatic nitrogens is 4. The second-order valence-electron chi connectivity index (χ2n) is 6.16. The molecule has 2 aromatic heterocycles. The van der Waals surface area contributed by atoms with E-state index in [0.29, 0.717) is 12.4 Å². The van der Waals surface area contributed by atoms with Crippen LogP contribution in [0.3, 0.4) is 0 Å². The van der Waals surface area contributed by atoms with Gasteiger partial charge in [0.2, 0.25) is 0 Å². The molecular formula is C16H20N6O. The number of imidazole rings is 1. The number of aliphatic imine (C=N–C) groups is 1. The number of nitrogens with zero attached hydrogens (tertiary/aromatic N) is 4. The summed E-state index contributed by atoms with van der Waals surface area (Å²) in [6.07, 6.45) is 7.46. The number of aromatic amines is 2. The average Bonchev–Trinajstić information content (AvgIpc) is 3.09. The van der Waals surface area contributed by atoms with Gasteiger partial charge in [0.25, 0.3) is 5.56 Å². The van der Waals surface area contributed by atoms with Crippen LogP contribution in [0.25, 0.3) is 0 Å². The Morgan fingerprint density at radius 1 is 1.26 bits per heavy atom. The van der Waals surface area contributed by atoms with Gasteiger partial charge >= 0.3 is 0 Å². The van der Waals surface area contributed by atoms with Crippen molar-refractivity contribution in [1.82, 2.24) is 24.8 Å². The van der Waals surface area contributed by atoms with Crippen molar-refractivity contribution in [1.29, 1.82) is 0 Å². The molecule has 23 heavy (non-hydrogen) atoms. The molecule has 4 heterocycles. The van der Waals surface area contributed by atoms with Crippen molar-refractivity contribution in [3.63, 3.8) is 0 Å². The predicted octanol–water partition coefficient (Wildman–Crippen LogP) is 1.02. The van der Waals surface area contributed by atoms with E-state index in [0.717, 1.165) is 68.0 Å². The van der Waals surface area contributed by atoms with Crippen LogP contribution >= 0.6 is 0 Å². The van der Waals surface area contributed by atoms with Gasteiger partial charge in [-0.2, -0.15) is 0 Å². The molecular weight excluding hydrogens is 292 g/mol. The summed E-state index contributed by atoms with van der Waals surface area (Å²) in [6.45, 7) is 3.14. The predicted molar refractivity (Wildman–Crippen MR) is 86.5 cm³/mol. The third-order valence-electron chi connectivity index (χ3n) is 4.49. The van der Waals surface area contributed by atoms with Crippen LogP contribution in [-0.2, 0) is 19.5 Å². The Balaban J connectivity index is 1.58. The zero-order valence-electron chi connectivity index (χ0n) is 13.0. The van der Waals surface area contributed by atoms with Crippen molar-refractivity contribution >= 4 is 5.71 Å². The minimum atomic E-state index is -0.0208. The Kier molecular flexibility index (Phi) is 3.78. The average molecular weight is 312 g/mol. The van der Waals surface area contributed by atoms with Crippen LogP contribution in [0.1, 0.15) is 42.0 Å². The Morgan fingerprint density at radius 2 is 2.22 bits per heavy atom. The molecule has 0 amide bonds. The smallest absolute Gasteiger partial charge is 0.255 e. The SMILES string of the molecule is O=c1[nH]c(C2=NCCCC2)nc2c1CN(Cc1cnc[nH]1)CC2. The number of H-pyrrole nitrogens is 2. The molecule has 120 valence electrons. The third-order valence-corrected chi connectivity index (χ3v) is 4.49. The van der Waals surface area contributed by atoms with Crippen LogP contribution in [0.2, 0.25) is 0 Å². The van der Waals surface area contributed by atoms with E-state index < -0.39 is 0 Å². The molecule has 0 saturated carbocycles. The summed E-state index contributed by atoms with van der Waals surface area (Å²) in [6, 6.07) is 0. The lowest BCUT2D eigenvalue weighted by Crippen LogP contribution is -2.36. The van der Waals surface area contributed by atoms with E-state index in [9.17, 15) is 4.79 Å². The fraction of sp³-hybridized carbons (Fsp3) is 0.500. The lowest BCUT2D eigenvalue weighted by molar-refractivity contribution is 0.239. The number of fused-ring (bicyclic) bond motifs is 1. The highest BCUT2D eigenvalue weighted by atomic mass is 16.1. The van der Waals surface area contributed by atoms with Gasteiger partial charge in [0, 0.05) is 44.5 Å².